The number of hydrogen-bond donors (Lipinski definition) is 3. The molecule has 0 spiro atoms. The highest BCUT2D eigenvalue weighted by atomic mass is 16.5. The smallest absolute Gasteiger partial charge is 0.306 e. The molecule has 0 aliphatic heterocycles. The highest BCUT2D eigenvalue weighted by Gasteiger charge is 2.24. The number of nitrogens with one attached hydrogen (secondary N) is 1. The first-order valence-electron chi connectivity index (χ1n) is 26.7. The van der Waals surface area contributed by atoms with Crippen molar-refractivity contribution < 1.29 is 24.5 Å². The molecule has 0 rings (SSSR count). The lowest BCUT2D eigenvalue weighted by Gasteiger charge is -2.24. The first-order chi connectivity index (χ1) is 30.0. The molecule has 0 saturated heterocycles. The molecule has 3 unspecified atom stereocenters. The largest absolute Gasteiger partial charge is 0.462 e. The average Bonchev–Trinajstić information content (AvgIpc) is 3.25. The number of rotatable bonds is 48. The molecule has 0 radical (unpaired) electrons. The predicted octanol–water partition coefficient (Wildman–Crippen LogP) is 16.1. The van der Waals surface area contributed by atoms with E-state index < -0.39 is 18.2 Å². The monoisotopic (exact) mass is 858 g/mol. The van der Waals surface area contributed by atoms with Gasteiger partial charge in [0.25, 0.3) is 0 Å². The van der Waals surface area contributed by atoms with E-state index in [0.29, 0.717) is 19.3 Å². The summed E-state index contributed by atoms with van der Waals surface area (Å²) in [7, 11) is 0. The minimum absolute atomic E-state index is 0.0726. The molecule has 358 valence electrons. The Kier molecular flexibility index (Phi) is 47.6. The quantitative estimate of drug-likeness (QED) is 0.0322. The highest BCUT2D eigenvalue weighted by molar-refractivity contribution is 5.77. The summed E-state index contributed by atoms with van der Waals surface area (Å²) in [4.78, 5) is 26.2. The number of allylic oxidation sites excluding steroid dienone is 6. The maximum absolute atomic E-state index is 13.2. The fourth-order valence-corrected chi connectivity index (χ4v) is 8.21. The van der Waals surface area contributed by atoms with Gasteiger partial charge >= 0.3 is 5.97 Å². The van der Waals surface area contributed by atoms with Gasteiger partial charge in [0.2, 0.25) is 5.91 Å². The number of carbonyl (C=O) groups excluding carboxylic acids is 2. The summed E-state index contributed by atoms with van der Waals surface area (Å²) >= 11 is 0. The van der Waals surface area contributed by atoms with Gasteiger partial charge in [0.1, 0.15) is 6.10 Å². The molecule has 61 heavy (non-hydrogen) atoms. The van der Waals surface area contributed by atoms with Crippen LogP contribution in [0.2, 0.25) is 0 Å². The van der Waals surface area contributed by atoms with Gasteiger partial charge in [-0.25, -0.2) is 0 Å². The van der Waals surface area contributed by atoms with E-state index in [-0.39, 0.29) is 24.9 Å². The molecule has 6 nitrogen and oxygen atoms in total. The lowest BCUT2D eigenvalue weighted by atomic mass is 10.0. The van der Waals surface area contributed by atoms with Gasteiger partial charge in [0.15, 0.2) is 0 Å². The first kappa shape index (κ1) is 59.1. The standard InChI is InChI=1S/C55H103NO5/c1-4-7-10-13-16-19-22-25-28-31-34-37-40-43-46-51(61-55(60)48-45-42-39-36-33-30-27-24-21-18-15-12-9-6-3)49-54(59)56-52(50-57)53(58)47-44-41-38-35-32-29-26-23-20-17-14-11-8-5-2/h9,12,18,21,27,30,51-53,57-58H,4-8,10-11,13-17,19-20,22-26,28-29,31-50H2,1-3H3,(H,56,59)/b12-9+,21-18+,30-27+. The Bertz CT molecular complexity index is 1010. The molecule has 0 fully saturated rings. The van der Waals surface area contributed by atoms with Crippen LogP contribution in [0.5, 0.6) is 0 Å². The van der Waals surface area contributed by atoms with Gasteiger partial charge in [-0.05, 0) is 57.8 Å². The van der Waals surface area contributed by atoms with Crippen LogP contribution in [0.1, 0.15) is 278 Å². The van der Waals surface area contributed by atoms with E-state index in [4.69, 9.17) is 4.74 Å². The van der Waals surface area contributed by atoms with Crippen LogP contribution in [-0.4, -0.2) is 46.9 Å². The topological polar surface area (TPSA) is 95.9 Å². The molecule has 0 aliphatic rings. The van der Waals surface area contributed by atoms with Crippen molar-refractivity contribution in [3.63, 3.8) is 0 Å². The summed E-state index contributed by atoms with van der Waals surface area (Å²) in [6.45, 7) is 6.39. The van der Waals surface area contributed by atoms with Crippen molar-refractivity contribution >= 4 is 11.9 Å². The second-order valence-corrected chi connectivity index (χ2v) is 18.3. The molecular formula is C55H103NO5. The van der Waals surface area contributed by atoms with Gasteiger partial charge in [0.05, 0.1) is 25.2 Å². The molecule has 0 bridgehead atoms. The Hall–Kier alpha value is -1.92. The Morgan fingerprint density at radius 3 is 1.34 bits per heavy atom. The van der Waals surface area contributed by atoms with Gasteiger partial charge in [-0.1, -0.05) is 243 Å². The minimum atomic E-state index is -0.789. The number of hydrogen-bond acceptors (Lipinski definition) is 5. The summed E-state index contributed by atoms with van der Waals surface area (Å²) in [5, 5.41) is 23.8. The van der Waals surface area contributed by atoms with Crippen LogP contribution >= 0.6 is 0 Å². The van der Waals surface area contributed by atoms with E-state index in [1.165, 1.54) is 154 Å². The van der Waals surface area contributed by atoms with E-state index >= 15 is 0 Å². The molecule has 0 aromatic heterocycles. The lowest BCUT2D eigenvalue weighted by molar-refractivity contribution is -0.151. The zero-order chi connectivity index (χ0) is 44.5. The third-order valence-electron chi connectivity index (χ3n) is 12.2. The number of aliphatic hydroxyl groups excluding tert-OH is 2. The Labute approximate surface area is 379 Å². The van der Waals surface area contributed by atoms with Crippen molar-refractivity contribution in [3.05, 3.63) is 36.5 Å². The molecule has 0 aromatic rings. The van der Waals surface area contributed by atoms with E-state index in [1.54, 1.807) is 0 Å². The Morgan fingerprint density at radius 1 is 0.492 bits per heavy atom. The molecular weight excluding hydrogens is 755 g/mol. The van der Waals surface area contributed by atoms with Crippen molar-refractivity contribution in [2.75, 3.05) is 6.61 Å². The summed E-state index contributed by atoms with van der Waals surface area (Å²) in [6.07, 6.45) is 57.7. The summed E-state index contributed by atoms with van der Waals surface area (Å²) in [5.74, 6) is -0.487. The molecule has 3 N–H and O–H groups in total. The zero-order valence-corrected chi connectivity index (χ0v) is 40.8. The van der Waals surface area contributed by atoms with Crippen LogP contribution in [0, 0.1) is 0 Å². The Balaban J connectivity index is 4.57. The van der Waals surface area contributed by atoms with Gasteiger partial charge in [0, 0.05) is 6.42 Å². The maximum atomic E-state index is 13.2. The van der Waals surface area contributed by atoms with Gasteiger partial charge in [-0.3, -0.25) is 9.59 Å². The average molecular weight is 858 g/mol. The number of carbonyl (C=O) groups is 2. The number of ether oxygens (including phenoxy) is 1. The van der Waals surface area contributed by atoms with Gasteiger partial charge in [-0.15, -0.1) is 0 Å². The molecule has 0 aliphatic carbocycles. The number of esters is 1. The third-order valence-corrected chi connectivity index (χ3v) is 12.2. The van der Waals surface area contributed by atoms with Crippen LogP contribution in [0.4, 0.5) is 0 Å². The molecule has 0 aromatic carbocycles. The second-order valence-electron chi connectivity index (χ2n) is 18.3. The van der Waals surface area contributed by atoms with E-state index in [0.717, 1.165) is 77.0 Å². The SMILES string of the molecule is CC/C=C/C/C=C/C/C=C/CCCCCCC(=O)OC(CCCCCCCCCCCCCCCC)CC(=O)NC(CO)C(O)CCCCCCCCCCCCCCCC. The second kappa shape index (κ2) is 49.1. The third kappa shape index (κ3) is 44.5. The summed E-state index contributed by atoms with van der Waals surface area (Å²) in [5.41, 5.74) is 0. The minimum Gasteiger partial charge on any atom is -0.462 e. The van der Waals surface area contributed by atoms with Crippen LogP contribution in [0.25, 0.3) is 0 Å². The normalized spacial score (nSPS) is 13.5. The van der Waals surface area contributed by atoms with Crippen LogP contribution in [0.3, 0.4) is 0 Å². The first-order valence-corrected chi connectivity index (χ1v) is 26.7. The van der Waals surface area contributed by atoms with Crippen LogP contribution in [-0.2, 0) is 14.3 Å². The van der Waals surface area contributed by atoms with E-state index in [2.05, 4.69) is 62.5 Å². The molecule has 1 amide bonds. The molecule has 0 heterocycles. The molecule has 3 atom stereocenters. The number of amides is 1. The van der Waals surface area contributed by atoms with E-state index in [1.807, 2.05) is 0 Å². The molecule has 6 heteroatoms. The molecule has 0 saturated carbocycles. The summed E-state index contributed by atoms with van der Waals surface area (Å²) in [6, 6.07) is -0.703. The van der Waals surface area contributed by atoms with Crippen LogP contribution < -0.4 is 5.32 Å². The number of unbranched alkanes of at least 4 members (excludes halogenated alkanes) is 30. The van der Waals surface area contributed by atoms with Crippen molar-refractivity contribution in [2.24, 2.45) is 0 Å². The van der Waals surface area contributed by atoms with Crippen molar-refractivity contribution in [3.8, 4) is 0 Å². The highest BCUT2D eigenvalue weighted by Crippen LogP contribution is 2.18. The zero-order valence-electron chi connectivity index (χ0n) is 40.8. The van der Waals surface area contributed by atoms with Gasteiger partial charge in [-0.2, -0.15) is 0 Å². The predicted molar refractivity (Wildman–Crippen MR) is 264 cm³/mol. The fourth-order valence-electron chi connectivity index (χ4n) is 8.21. The number of aliphatic hydroxyl groups is 2. The van der Waals surface area contributed by atoms with Gasteiger partial charge < -0.3 is 20.3 Å². The van der Waals surface area contributed by atoms with Crippen LogP contribution in [0.15, 0.2) is 36.5 Å². The van der Waals surface area contributed by atoms with Crippen molar-refractivity contribution in [1.82, 2.24) is 5.32 Å². The van der Waals surface area contributed by atoms with Crippen molar-refractivity contribution in [2.45, 2.75) is 296 Å². The Morgan fingerprint density at radius 2 is 0.885 bits per heavy atom. The summed E-state index contributed by atoms with van der Waals surface area (Å²) < 4.78 is 5.93. The van der Waals surface area contributed by atoms with Crippen molar-refractivity contribution in [1.29, 1.82) is 0 Å². The maximum Gasteiger partial charge on any atom is 0.306 e. The fraction of sp³-hybridized carbons (Fsp3) is 0.855. The lowest BCUT2D eigenvalue weighted by Crippen LogP contribution is -2.46. The van der Waals surface area contributed by atoms with E-state index in [9.17, 15) is 19.8 Å².